The van der Waals surface area contributed by atoms with E-state index in [1.54, 1.807) is 6.92 Å². The summed E-state index contributed by atoms with van der Waals surface area (Å²) in [7, 11) is 3.86. The van der Waals surface area contributed by atoms with Crippen LogP contribution in [0, 0.1) is 0 Å². The van der Waals surface area contributed by atoms with E-state index < -0.39 is 17.0 Å². The van der Waals surface area contributed by atoms with Gasteiger partial charge in [0.15, 0.2) is 0 Å². The normalized spacial score (nSPS) is 12.4. The van der Waals surface area contributed by atoms with Crippen LogP contribution in [0.4, 0.5) is 11.4 Å². The molecule has 0 fully saturated rings. The molecular weight excluding hydrogens is 256 g/mol. The van der Waals surface area contributed by atoms with Gasteiger partial charge in [-0.3, -0.25) is 9.59 Å². The highest BCUT2D eigenvalue weighted by Crippen LogP contribution is 2.25. The van der Waals surface area contributed by atoms with Crippen molar-refractivity contribution < 1.29 is 5.11 Å². The summed E-state index contributed by atoms with van der Waals surface area (Å²) >= 11 is 0. The first-order chi connectivity index (χ1) is 9.41. The van der Waals surface area contributed by atoms with Gasteiger partial charge in [0.1, 0.15) is 0 Å². The Hall–Kier alpha value is -2.14. The largest absolute Gasteiger partial charge is 0.392 e. The molecule has 2 rings (SSSR count). The molecule has 0 spiro atoms. The Kier molecular flexibility index (Phi) is 3.90. The van der Waals surface area contributed by atoms with E-state index in [4.69, 9.17) is 0 Å². The predicted molar refractivity (Wildman–Crippen MR) is 81.3 cm³/mol. The van der Waals surface area contributed by atoms with Crippen LogP contribution in [0.2, 0.25) is 0 Å². The Morgan fingerprint density at radius 1 is 1.15 bits per heavy atom. The van der Waals surface area contributed by atoms with E-state index in [0.29, 0.717) is 16.8 Å². The van der Waals surface area contributed by atoms with Crippen LogP contribution in [0.25, 0.3) is 11.1 Å². The SMILES string of the molecule is CC(O)CNc1c(-c2ccc(N(C)C)cc2)c(=O)c1=O. The molecule has 0 radical (unpaired) electrons. The van der Waals surface area contributed by atoms with E-state index in [1.807, 2.05) is 43.3 Å². The molecule has 0 aliphatic carbocycles. The van der Waals surface area contributed by atoms with Crippen molar-refractivity contribution >= 4 is 11.4 Å². The molecule has 0 saturated carbocycles. The van der Waals surface area contributed by atoms with E-state index in [2.05, 4.69) is 5.32 Å². The van der Waals surface area contributed by atoms with Gasteiger partial charge in [0, 0.05) is 26.3 Å². The maximum absolute atomic E-state index is 11.7. The van der Waals surface area contributed by atoms with Crippen molar-refractivity contribution in [1.82, 2.24) is 0 Å². The lowest BCUT2D eigenvalue weighted by atomic mass is 9.98. The van der Waals surface area contributed by atoms with Gasteiger partial charge < -0.3 is 15.3 Å². The smallest absolute Gasteiger partial charge is 0.250 e. The zero-order valence-electron chi connectivity index (χ0n) is 11.8. The first-order valence-corrected chi connectivity index (χ1v) is 6.45. The number of rotatable bonds is 5. The number of nitrogens with zero attached hydrogens (tertiary/aromatic N) is 1. The van der Waals surface area contributed by atoms with Gasteiger partial charge in [0.05, 0.1) is 17.4 Å². The second-order valence-corrected chi connectivity index (χ2v) is 5.08. The lowest BCUT2D eigenvalue weighted by Crippen LogP contribution is -2.37. The van der Waals surface area contributed by atoms with E-state index in [1.165, 1.54) is 0 Å². The third-order valence-electron chi connectivity index (χ3n) is 3.16. The molecule has 0 amide bonds. The fourth-order valence-electron chi connectivity index (χ4n) is 2.01. The van der Waals surface area contributed by atoms with Crippen molar-refractivity contribution in [3.8, 4) is 11.1 Å². The topological polar surface area (TPSA) is 69.6 Å². The molecule has 1 unspecified atom stereocenters. The lowest BCUT2D eigenvalue weighted by Gasteiger charge is -2.16. The molecule has 106 valence electrons. The zero-order chi connectivity index (χ0) is 14.9. The van der Waals surface area contributed by atoms with Crippen LogP contribution in [0.1, 0.15) is 6.92 Å². The molecule has 5 nitrogen and oxygen atoms in total. The van der Waals surface area contributed by atoms with Crippen LogP contribution in [0.3, 0.4) is 0 Å². The first-order valence-electron chi connectivity index (χ1n) is 6.45. The molecule has 0 aliphatic heterocycles. The quantitative estimate of drug-likeness (QED) is 0.790. The zero-order valence-corrected chi connectivity index (χ0v) is 11.8. The van der Waals surface area contributed by atoms with Crippen LogP contribution in [0.15, 0.2) is 33.9 Å². The number of hydrogen-bond acceptors (Lipinski definition) is 5. The predicted octanol–water partition coefficient (Wildman–Crippen LogP) is 0.808. The monoisotopic (exact) mass is 274 g/mol. The number of aliphatic hydroxyl groups excluding tert-OH is 1. The van der Waals surface area contributed by atoms with E-state index in [9.17, 15) is 14.7 Å². The molecule has 0 aromatic heterocycles. The summed E-state index contributed by atoms with van der Waals surface area (Å²) < 4.78 is 0. The fraction of sp³-hybridized carbons (Fsp3) is 0.333. The van der Waals surface area contributed by atoms with Gasteiger partial charge in [-0.15, -0.1) is 0 Å². The molecule has 2 aromatic rings. The maximum Gasteiger partial charge on any atom is 0.250 e. The average molecular weight is 274 g/mol. The standard InChI is InChI=1S/C15H18N2O3/c1-9(18)8-16-13-12(14(19)15(13)20)10-4-6-11(7-5-10)17(2)3/h4-7,9,16,18H,8H2,1-3H3. The lowest BCUT2D eigenvalue weighted by molar-refractivity contribution is 0.208. The Labute approximate surface area is 117 Å². The minimum atomic E-state index is -0.580. The highest BCUT2D eigenvalue weighted by molar-refractivity contribution is 5.82. The number of hydrogen-bond donors (Lipinski definition) is 2. The summed E-state index contributed by atoms with van der Waals surface area (Å²) in [6.45, 7) is 1.86. The Morgan fingerprint density at radius 3 is 2.25 bits per heavy atom. The molecule has 1 atom stereocenters. The minimum Gasteiger partial charge on any atom is -0.392 e. The van der Waals surface area contributed by atoms with Gasteiger partial charge in [-0.25, -0.2) is 0 Å². The molecule has 2 aromatic carbocycles. The molecule has 20 heavy (non-hydrogen) atoms. The van der Waals surface area contributed by atoms with Crippen molar-refractivity contribution in [3.63, 3.8) is 0 Å². The molecule has 0 aliphatic rings. The van der Waals surface area contributed by atoms with Crippen molar-refractivity contribution in [3.05, 3.63) is 44.7 Å². The van der Waals surface area contributed by atoms with Gasteiger partial charge in [0.2, 0.25) is 10.9 Å². The van der Waals surface area contributed by atoms with Crippen molar-refractivity contribution in [2.45, 2.75) is 13.0 Å². The molecule has 0 saturated heterocycles. The van der Waals surface area contributed by atoms with Gasteiger partial charge in [0.25, 0.3) is 0 Å². The number of aliphatic hydroxyl groups is 1. The number of nitrogens with one attached hydrogen (secondary N) is 1. The first kappa shape index (κ1) is 14.3. The van der Waals surface area contributed by atoms with Gasteiger partial charge in [-0.1, -0.05) is 12.1 Å². The number of benzene rings is 1. The summed E-state index contributed by atoms with van der Waals surface area (Å²) in [6.07, 6.45) is -0.580. The van der Waals surface area contributed by atoms with E-state index >= 15 is 0 Å². The van der Waals surface area contributed by atoms with Crippen molar-refractivity contribution in [1.29, 1.82) is 0 Å². The third-order valence-corrected chi connectivity index (χ3v) is 3.16. The summed E-state index contributed by atoms with van der Waals surface area (Å²) in [4.78, 5) is 25.2. The van der Waals surface area contributed by atoms with Crippen LogP contribution < -0.4 is 21.1 Å². The van der Waals surface area contributed by atoms with Crippen molar-refractivity contribution in [2.75, 3.05) is 30.9 Å². The summed E-state index contributed by atoms with van der Waals surface area (Å²) in [6, 6.07) is 7.42. The summed E-state index contributed by atoms with van der Waals surface area (Å²) in [5, 5.41) is 12.1. The minimum absolute atomic E-state index is 0.244. The van der Waals surface area contributed by atoms with Crippen LogP contribution in [-0.2, 0) is 0 Å². The summed E-state index contributed by atoms with van der Waals surface area (Å²) in [5.41, 5.74) is 1.45. The van der Waals surface area contributed by atoms with Crippen LogP contribution >= 0.6 is 0 Å². The molecule has 2 N–H and O–H groups in total. The molecule has 5 heteroatoms. The Morgan fingerprint density at radius 2 is 1.75 bits per heavy atom. The highest BCUT2D eigenvalue weighted by Gasteiger charge is 2.22. The van der Waals surface area contributed by atoms with E-state index in [-0.39, 0.29) is 6.54 Å². The Bertz CT molecular complexity index is 665. The molecule has 0 bridgehead atoms. The van der Waals surface area contributed by atoms with E-state index in [0.717, 1.165) is 5.69 Å². The number of anilines is 2. The van der Waals surface area contributed by atoms with Gasteiger partial charge >= 0.3 is 0 Å². The maximum atomic E-state index is 11.7. The van der Waals surface area contributed by atoms with Gasteiger partial charge in [-0.05, 0) is 24.6 Å². The third kappa shape index (κ3) is 2.58. The second-order valence-electron chi connectivity index (χ2n) is 5.08. The Balaban J connectivity index is 2.31. The molecular formula is C15H18N2O3. The average Bonchev–Trinajstić information content (AvgIpc) is 2.42. The molecule has 0 heterocycles. The fourth-order valence-corrected chi connectivity index (χ4v) is 2.01. The van der Waals surface area contributed by atoms with Gasteiger partial charge in [-0.2, -0.15) is 0 Å². The van der Waals surface area contributed by atoms with Crippen LogP contribution in [-0.4, -0.2) is 31.9 Å². The highest BCUT2D eigenvalue weighted by atomic mass is 16.3. The van der Waals surface area contributed by atoms with Crippen molar-refractivity contribution in [2.24, 2.45) is 0 Å². The summed E-state index contributed by atoms with van der Waals surface area (Å²) in [5.74, 6) is 0. The second kappa shape index (κ2) is 5.46. The van der Waals surface area contributed by atoms with Crippen LogP contribution in [0.5, 0.6) is 0 Å².